The van der Waals surface area contributed by atoms with Crippen molar-refractivity contribution in [2.45, 2.75) is 62.6 Å². The monoisotopic (exact) mass is 596 g/mol. The Morgan fingerprint density at radius 1 is 1.07 bits per heavy atom. The van der Waals surface area contributed by atoms with Gasteiger partial charge >= 0.3 is 0 Å². The number of hydrogen-bond donors (Lipinski definition) is 7. The number of guanidine groups is 1. The molecule has 0 bridgehead atoms. The van der Waals surface area contributed by atoms with Crippen LogP contribution in [0.15, 0.2) is 28.0 Å². The number of hydrogen-bond acceptors (Lipinski definition) is 10. The molecule has 9 N–H and O–H groups in total. The van der Waals surface area contributed by atoms with Gasteiger partial charge in [0.05, 0.1) is 23.3 Å². The zero-order valence-corrected chi connectivity index (χ0v) is 24.8. The number of carbonyl (C=O) groups excluding carboxylic acids is 3. The van der Waals surface area contributed by atoms with Crippen molar-refractivity contribution >= 4 is 40.6 Å². The topological polar surface area (TPSA) is 215 Å². The molecule has 1 amide bonds. The van der Waals surface area contributed by atoms with Crippen LogP contribution in [0.25, 0.3) is 5.76 Å². The molecule has 0 radical (unpaired) electrons. The summed E-state index contributed by atoms with van der Waals surface area (Å²) in [5.41, 5.74) is 9.19. The third-order valence-corrected chi connectivity index (χ3v) is 9.34. The van der Waals surface area contributed by atoms with Gasteiger partial charge in [-0.05, 0) is 57.3 Å². The molecule has 13 heteroatoms. The summed E-state index contributed by atoms with van der Waals surface area (Å²) in [6, 6.07) is 0.618. The molecule has 2 saturated carbocycles. The first-order valence-corrected chi connectivity index (χ1v) is 14.5. The van der Waals surface area contributed by atoms with Gasteiger partial charge in [-0.25, -0.2) is 4.99 Å². The van der Waals surface area contributed by atoms with Crippen LogP contribution in [0.1, 0.15) is 49.7 Å². The zero-order chi connectivity index (χ0) is 31.5. The molecule has 4 atom stereocenters. The van der Waals surface area contributed by atoms with Gasteiger partial charge in [0.2, 0.25) is 5.78 Å². The molecule has 1 aromatic carbocycles. The Morgan fingerprint density at radius 3 is 2.30 bits per heavy atom. The van der Waals surface area contributed by atoms with Gasteiger partial charge in [-0.15, -0.1) is 0 Å². The van der Waals surface area contributed by atoms with Crippen molar-refractivity contribution in [3.05, 3.63) is 34.1 Å². The Kier molecular flexibility index (Phi) is 7.68. The first-order chi connectivity index (χ1) is 20.2. The van der Waals surface area contributed by atoms with E-state index in [0.717, 1.165) is 32.1 Å². The van der Waals surface area contributed by atoms with Crippen LogP contribution in [0.4, 0.5) is 11.4 Å². The molecular weight excluding hydrogens is 556 g/mol. The highest BCUT2D eigenvalue weighted by molar-refractivity contribution is 6.24. The normalized spacial score (nSPS) is 28.0. The second kappa shape index (κ2) is 10.9. The number of primary amides is 1. The minimum absolute atomic E-state index is 0.0143. The first-order valence-electron chi connectivity index (χ1n) is 14.5. The lowest BCUT2D eigenvalue weighted by Crippen LogP contribution is -2.65. The number of aliphatic hydroxyl groups is 3. The lowest BCUT2D eigenvalue weighted by molar-refractivity contribution is -0.153. The largest absolute Gasteiger partial charge is 0.508 e. The van der Waals surface area contributed by atoms with Gasteiger partial charge in [-0.2, -0.15) is 0 Å². The van der Waals surface area contributed by atoms with E-state index < -0.39 is 58.0 Å². The maximum Gasteiger partial charge on any atom is 0.255 e. The molecular formula is C30H40N6O7. The molecule has 5 rings (SSSR count). The number of likely N-dealkylation sites (N-methyl/N-ethyl adjacent to an activating group) is 1. The number of aromatic hydroxyl groups is 1. The number of ketones is 2. The highest BCUT2D eigenvalue weighted by Crippen LogP contribution is 2.54. The van der Waals surface area contributed by atoms with E-state index in [2.05, 4.69) is 10.3 Å². The highest BCUT2D eigenvalue weighted by atomic mass is 16.3. The van der Waals surface area contributed by atoms with Crippen LogP contribution in [0, 0.1) is 11.8 Å². The molecule has 0 heterocycles. The second-order valence-electron chi connectivity index (χ2n) is 12.4. The van der Waals surface area contributed by atoms with Gasteiger partial charge in [0.25, 0.3) is 5.91 Å². The van der Waals surface area contributed by atoms with Gasteiger partial charge in [0, 0.05) is 31.3 Å². The zero-order valence-electron chi connectivity index (χ0n) is 24.8. The third kappa shape index (κ3) is 4.70. The van der Waals surface area contributed by atoms with E-state index in [9.17, 15) is 34.8 Å². The molecule has 4 aliphatic rings. The van der Waals surface area contributed by atoms with Crippen molar-refractivity contribution in [1.82, 2.24) is 4.90 Å². The maximum atomic E-state index is 14.1. The molecule has 0 spiro atoms. The van der Waals surface area contributed by atoms with E-state index in [4.69, 9.17) is 11.5 Å². The number of nitrogens with two attached hydrogens (primary N) is 2. The van der Waals surface area contributed by atoms with Crippen LogP contribution >= 0.6 is 0 Å². The van der Waals surface area contributed by atoms with E-state index >= 15 is 0 Å². The highest BCUT2D eigenvalue weighted by Gasteiger charge is 2.64. The average Bonchev–Trinajstić information content (AvgIpc) is 2.92. The van der Waals surface area contributed by atoms with E-state index in [1.165, 1.54) is 4.90 Å². The second-order valence-corrected chi connectivity index (χ2v) is 12.4. The Labute approximate surface area is 249 Å². The minimum Gasteiger partial charge on any atom is -0.508 e. The van der Waals surface area contributed by atoms with Crippen LogP contribution < -0.4 is 21.7 Å². The van der Waals surface area contributed by atoms with Crippen molar-refractivity contribution in [3.8, 4) is 5.75 Å². The van der Waals surface area contributed by atoms with E-state index in [1.54, 1.807) is 39.2 Å². The smallest absolute Gasteiger partial charge is 0.255 e. The molecule has 232 valence electrons. The lowest BCUT2D eigenvalue weighted by Gasteiger charge is -2.50. The Bertz CT molecular complexity index is 1490. The molecule has 13 nitrogen and oxygen atoms in total. The fourth-order valence-corrected chi connectivity index (χ4v) is 7.36. The number of anilines is 2. The number of phenolic OH excluding ortho intramolecular Hbond substituents is 1. The number of fused-ring (bicyclic) bond motifs is 3. The fourth-order valence-electron chi connectivity index (χ4n) is 7.36. The summed E-state index contributed by atoms with van der Waals surface area (Å²) in [6.07, 6.45) is 5.32. The van der Waals surface area contributed by atoms with Crippen molar-refractivity contribution in [2.24, 2.45) is 28.3 Å². The Morgan fingerprint density at radius 2 is 1.72 bits per heavy atom. The quantitative estimate of drug-likeness (QED) is 0.110. The van der Waals surface area contributed by atoms with Gasteiger partial charge in [0.1, 0.15) is 22.8 Å². The summed E-state index contributed by atoms with van der Waals surface area (Å²) < 4.78 is 0. The lowest BCUT2D eigenvalue weighted by atomic mass is 9.57. The summed E-state index contributed by atoms with van der Waals surface area (Å²) >= 11 is 0. The van der Waals surface area contributed by atoms with Crippen molar-refractivity contribution < 1.29 is 34.8 Å². The molecule has 0 saturated heterocycles. The van der Waals surface area contributed by atoms with Crippen LogP contribution in [0.3, 0.4) is 0 Å². The molecule has 2 fully saturated rings. The SMILES string of the molecule is CN(C)c1cc(NC(N)=NC2CCCCC2)c(O)c2c1C[C@H]1C[C@H]3[C@H](N(C)C)C(=O)C(C(N)=O)=C(O)[C@@]3(O)C(=O)C1=C2O. The number of benzene rings is 1. The predicted molar refractivity (Wildman–Crippen MR) is 161 cm³/mol. The van der Waals surface area contributed by atoms with E-state index in [-0.39, 0.29) is 47.4 Å². The molecule has 43 heavy (non-hydrogen) atoms. The summed E-state index contributed by atoms with van der Waals surface area (Å²) in [7, 11) is 6.72. The number of nitrogens with one attached hydrogen (secondary N) is 1. The molecule has 4 aliphatic carbocycles. The molecule has 0 aromatic heterocycles. The van der Waals surface area contributed by atoms with Gasteiger partial charge < -0.3 is 42.1 Å². The van der Waals surface area contributed by atoms with Crippen molar-refractivity contribution in [3.63, 3.8) is 0 Å². The van der Waals surface area contributed by atoms with E-state index in [0.29, 0.717) is 11.3 Å². The van der Waals surface area contributed by atoms with Gasteiger partial charge in [-0.3, -0.25) is 19.3 Å². The fraction of sp³-hybridized carbons (Fsp3) is 0.533. The third-order valence-electron chi connectivity index (χ3n) is 9.34. The minimum atomic E-state index is -2.70. The number of amides is 1. The van der Waals surface area contributed by atoms with Gasteiger partial charge in [0.15, 0.2) is 17.3 Å². The number of Topliss-reactive ketones (excluding diaryl/α,β-unsaturated/α-hetero) is 2. The maximum absolute atomic E-state index is 14.1. The number of rotatable bonds is 5. The summed E-state index contributed by atoms with van der Waals surface area (Å²) in [6.45, 7) is 0. The molecule has 0 aliphatic heterocycles. The number of phenols is 1. The average molecular weight is 597 g/mol. The number of nitrogens with zero attached hydrogens (tertiary/aromatic N) is 3. The number of aliphatic imine (C=N–C) groups is 1. The Hall–Kier alpha value is -4.10. The Balaban J connectivity index is 1.65. The molecule has 1 aromatic rings. The number of aliphatic hydroxyl groups excluding tert-OH is 2. The predicted octanol–water partition coefficient (Wildman–Crippen LogP) is 1.09. The van der Waals surface area contributed by atoms with Crippen LogP contribution in [0.5, 0.6) is 5.75 Å². The van der Waals surface area contributed by atoms with Crippen LogP contribution in [-0.2, 0) is 20.8 Å². The van der Waals surface area contributed by atoms with Crippen molar-refractivity contribution in [1.29, 1.82) is 0 Å². The van der Waals surface area contributed by atoms with Crippen LogP contribution in [0.2, 0.25) is 0 Å². The first kappa shape index (κ1) is 30.4. The molecule has 0 unspecified atom stereocenters. The summed E-state index contributed by atoms with van der Waals surface area (Å²) in [4.78, 5) is 47.4. The summed E-state index contributed by atoms with van der Waals surface area (Å²) in [5.74, 6) is -6.88. The standard InChI is InChI=1S/C30H40N6O7/c1-35(2)18-12-17(34-29(32)33-14-8-6-5-7-9-14)23(37)20-15(18)10-13-11-16-22(36(3)4)25(39)21(28(31)42)27(41)30(16,43)26(40)19(13)24(20)38/h12-14,16,22,37-38,41,43H,5-11H2,1-4H3,(H2,31,42)(H3,32,33,34)/t13-,16-,22-,30-/m0/s1. The summed E-state index contributed by atoms with van der Waals surface area (Å²) in [5, 5.41) is 48.9. The van der Waals surface area contributed by atoms with Crippen LogP contribution in [-0.4, -0.2) is 94.6 Å². The number of carbonyl (C=O) groups is 3. The van der Waals surface area contributed by atoms with Crippen molar-refractivity contribution in [2.75, 3.05) is 38.4 Å². The van der Waals surface area contributed by atoms with E-state index in [1.807, 2.05) is 0 Å². The van der Waals surface area contributed by atoms with Gasteiger partial charge in [-0.1, -0.05) is 19.3 Å².